The van der Waals surface area contributed by atoms with Crippen molar-refractivity contribution in [3.63, 3.8) is 0 Å². The van der Waals surface area contributed by atoms with E-state index in [2.05, 4.69) is 5.32 Å². The van der Waals surface area contributed by atoms with Gasteiger partial charge in [-0.15, -0.1) is 0 Å². The molecule has 0 spiro atoms. The highest BCUT2D eigenvalue weighted by Gasteiger charge is 2.40. The minimum Gasteiger partial charge on any atom is -0.354 e. The van der Waals surface area contributed by atoms with E-state index in [1.54, 1.807) is 0 Å². The maximum absolute atomic E-state index is 13.3. The molecule has 1 N–H and O–H groups in total. The summed E-state index contributed by atoms with van der Waals surface area (Å²) in [5.74, 6) is -0.679. The summed E-state index contributed by atoms with van der Waals surface area (Å²) in [6, 6.07) is 15.1. The fraction of sp³-hybridized carbons (Fsp3) is 0.227. The quantitative estimate of drug-likeness (QED) is 0.590. The summed E-state index contributed by atoms with van der Waals surface area (Å²) in [6.45, 7) is 3.88. The average Bonchev–Trinajstić information content (AvgIpc) is 3.01. The Morgan fingerprint density at radius 2 is 1.93 bits per heavy atom. The molecule has 1 saturated heterocycles. The van der Waals surface area contributed by atoms with Crippen molar-refractivity contribution in [1.29, 1.82) is 5.26 Å². The lowest BCUT2D eigenvalue weighted by Gasteiger charge is -2.18. The van der Waals surface area contributed by atoms with Crippen molar-refractivity contribution in [2.45, 2.75) is 25.5 Å². The number of carbonyl (C=O) groups excluding carboxylic acids is 2. The second-order valence-electron chi connectivity index (χ2n) is 6.77. The molecule has 0 unspecified atom stereocenters. The topological polar surface area (TPSA) is 73.2 Å². The van der Waals surface area contributed by atoms with Crippen molar-refractivity contribution >= 4 is 40.9 Å². The van der Waals surface area contributed by atoms with Gasteiger partial charge in [0.25, 0.3) is 5.91 Å². The van der Waals surface area contributed by atoms with Crippen LogP contribution in [0.15, 0.2) is 53.1 Å². The average molecular weight is 426 g/mol. The molecule has 0 aromatic heterocycles. The van der Waals surface area contributed by atoms with Gasteiger partial charge in [0.05, 0.1) is 5.25 Å². The Kier molecular flexibility index (Phi) is 6.31. The molecule has 29 heavy (non-hydrogen) atoms. The summed E-state index contributed by atoms with van der Waals surface area (Å²) in [5, 5.41) is 12.6. The predicted octanol–water partition coefficient (Wildman–Crippen LogP) is 4.13. The van der Waals surface area contributed by atoms with Crippen molar-refractivity contribution in [1.82, 2.24) is 5.32 Å². The van der Waals surface area contributed by atoms with Gasteiger partial charge < -0.3 is 5.32 Å². The molecule has 7 heteroatoms. The molecule has 1 fully saturated rings. The van der Waals surface area contributed by atoms with Gasteiger partial charge in [0, 0.05) is 17.8 Å². The number of carbonyl (C=O) groups is 2. The fourth-order valence-corrected chi connectivity index (χ4v) is 4.53. The highest BCUT2D eigenvalue weighted by molar-refractivity contribution is 8.05. The molecule has 2 aromatic rings. The molecule has 148 valence electrons. The van der Waals surface area contributed by atoms with Crippen molar-refractivity contribution in [2.24, 2.45) is 0 Å². The maximum Gasteiger partial charge on any atom is 0.264 e. The third-order valence-corrected chi connectivity index (χ3v) is 6.35. The number of anilines is 1. The van der Waals surface area contributed by atoms with Crippen LogP contribution in [-0.2, 0) is 16.0 Å². The number of nitrogens with one attached hydrogen (secondary N) is 1. The lowest BCUT2D eigenvalue weighted by Crippen LogP contribution is -2.31. The predicted molar refractivity (Wildman–Crippen MR) is 117 cm³/mol. The lowest BCUT2D eigenvalue weighted by atomic mass is 10.1. The normalized spacial score (nSPS) is 17.8. The molecule has 1 atom stereocenters. The number of halogens is 1. The van der Waals surface area contributed by atoms with Crippen LogP contribution in [0.2, 0.25) is 5.02 Å². The van der Waals surface area contributed by atoms with Crippen molar-refractivity contribution in [3.05, 3.63) is 74.8 Å². The Bertz CT molecular complexity index is 1040. The van der Waals surface area contributed by atoms with E-state index >= 15 is 0 Å². The van der Waals surface area contributed by atoms with Crippen LogP contribution in [0, 0.1) is 25.2 Å². The van der Waals surface area contributed by atoms with E-state index < -0.39 is 11.2 Å². The Labute approximate surface area is 179 Å². The van der Waals surface area contributed by atoms with Crippen LogP contribution >= 0.6 is 23.4 Å². The monoisotopic (exact) mass is 425 g/mol. The molecule has 0 saturated carbocycles. The summed E-state index contributed by atoms with van der Waals surface area (Å²) in [4.78, 5) is 27.0. The molecule has 2 aromatic carbocycles. The molecule has 0 bridgehead atoms. The van der Waals surface area contributed by atoms with Crippen LogP contribution in [0.3, 0.4) is 0 Å². The SMILES string of the molecule is CNC(=O)/C(C#N)=C1/S[C@@H](Cc2ccc(C)c(Cl)c2)C(=O)N1c1ccc(C)cc1. The van der Waals surface area contributed by atoms with E-state index in [-0.39, 0.29) is 11.5 Å². The Morgan fingerprint density at radius 1 is 1.24 bits per heavy atom. The number of rotatable bonds is 4. The zero-order chi connectivity index (χ0) is 21.1. The smallest absolute Gasteiger partial charge is 0.264 e. The van der Waals surface area contributed by atoms with Gasteiger partial charge in [-0.3, -0.25) is 14.5 Å². The zero-order valence-corrected chi connectivity index (χ0v) is 17.9. The first-order valence-corrected chi connectivity index (χ1v) is 10.3. The molecule has 1 aliphatic rings. The number of likely N-dealkylation sites (N-methyl/N-ethyl adjacent to an activating group) is 1. The fourth-order valence-electron chi connectivity index (χ4n) is 3.02. The summed E-state index contributed by atoms with van der Waals surface area (Å²) >= 11 is 7.47. The number of amides is 2. The highest BCUT2D eigenvalue weighted by Crippen LogP contribution is 2.42. The van der Waals surface area contributed by atoms with Crippen LogP contribution in [0.4, 0.5) is 5.69 Å². The Morgan fingerprint density at radius 3 is 2.52 bits per heavy atom. The first-order chi connectivity index (χ1) is 13.8. The van der Waals surface area contributed by atoms with E-state index in [1.807, 2.05) is 62.4 Å². The third-order valence-electron chi connectivity index (χ3n) is 4.68. The van der Waals surface area contributed by atoms with Crippen LogP contribution in [0.5, 0.6) is 0 Å². The molecule has 1 heterocycles. The number of hydrogen-bond donors (Lipinski definition) is 1. The number of aryl methyl sites for hydroxylation is 2. The second kappa shape index (κ2) is 8.73. The molecule has 0 aliphatic carbocycles. The van der Waals surface area contributed by atoms with E-state index in [9.17, 15) is 14.9 Å². The minimum atomic E-state index is -0.515. The molecule has 5 nitrogen and oxygen atoms in total. The van der Waals surface area contributed by atoms with E-state index in [0.717, 1.165) is 16.7 Å². The minimum absolute atomic E-state index is 0.0733. The molecule has 3 rings (SSSR count). The zero-order valence-electron chi connectivity index (χ0n) is 16.3. The van der Waals surface area contributed by atoms with Crippen molar-refractivity contribution < 1.29 is 9.59 Å². The van der Waals surface area contributed by atoms with Crippen LogP contribution in [0.25, 0.3) is 0 Å². The molecular weight excluding hydrogens is 406 g/mol. The van der Waals surface area contributed by atoms with Crippen LogP contribution in [-0.4, -0.2) is 24.1 Å². The molecule has 2 amide bonds. The van der Waals surface area contributed by atoms with Gasteiger partial charge >= 0.3 is 0 Å². The van der Waals surface area contributed by atoms with Gasteiger partial charge in [-0.05, 0) is 49.6 Å². The van der Waals surface area contributed by atoms with Crippen LogP contribution < -0.4 is 10.2 Å². The largest absolute Gasteiger partial charge is 0.354 e. The van der Waals surface area contributed by atoms with Gasteiger partial charge in [-0.1, -0.05) is 53.2 Å². The van der Waals surface area contributed by atoms with E-state index in [4.69, 9.17) is 11.6 Å². The van der Waals surface area contributed by atoms with Gasteiger partial charge in [0.15, 0.2) is 0 Å². The Hall–Kier alpha value is -2.75. The molecule has 0 radical (unpaired) electrons. The molecular formula is C22H20ClN3O2S. The summed E-state index contributed by atoms with van der Waals surface area (Å²) in [5.41, 5.74) is 3.50. The maximum atomic E-state index is 13.3. The number of nitriles is 1. The Balaban J connectivity index is 2.03. The highest BCUT2D eigenvalue weighted by atomic mass is 35.5. The van der Waals surface area contributed by atoms with Gasteiger partial charge in [-0.25, -0.2) is 0 Å². The van der Waals surface area contributed by atoms with Crippen molar-refractivity contribution in [2.75, 3.05) is 11.9 Å². The van der Waals surface area contributed by atoms with E-state index in [0.29, 0.717) is 22.2 Å². The summed E-state index contributed by atoms with van der Waals surface area (Å²) in [6.07, 6.45) is 0.446. The lowest BCUT2D eigenvalue weighted by molar-refractivity contribution is -0.117. The first kappa shape index (κ1) is 21.0. The first-order valence-electron chi connectivity index (χ1n) is 9.04. The number of nitrogens with zero attached hydrogens (tertiary/aromatic N) is 2. The standard InChI is InChI=1S/C22H20ClN3O2S/c1-13-4-8-16(9-5-13)26-21(28)19(11-15-7-6-14(2)18(23)10-15)29-22(26)17(12-24)20(27)25-3/h4-10,19H,11H2,1-3H3,(H,25,27)/b22-17+/t19-/m0/s1. The number of benzene rings is 2. The van der Waals surface area contributed by atoms with Gasteiger partial charge in [0.2, 0.25) is 5.91 Å². The summed E-state index contributed by atoms with van der Waals surface area (Å²) < 4.78 is 0. The second-order valence-corrected chi connectivity index (χ2v) is 8.37. The van der Waals surface area contributed by atoms with Gasteiger partial charge in [0.1, 0.15) is 16.7 Å². The van der Waals surface area contributed by atoms with E-state index in [1.165, 1.54) is 23.7 Å². The number of hydrogen-bond acceptors (Lipinski definition) is 4. The van der Waals surface area contributed by atoms with Gasteiger partial charge in [-0.2, -0.15) is 5.26 Å². The third kappa shape index (κ3) is 4.31. The number of thioether (sulfide) groups is 1. The molecule has 1 aliphatic heterocycles. The summed E-state index contributed by atoms with van der Waals surface area (Å²) in [7, 11) is 1.46. The van der Waals surface area contributed by atoms with Crippen LogP contribution in [0.1, 0.15) is 16.7 Å². The van der Waals surface area contributed by atoms with Crippen molar-refractivity contribution in [3.8, 4) is 6.07 Å².